The summed E-state index contributed by atoms with van der Waals surface area (Å²) in [6.07, 6.45) is 0.700. The lowest BCUT2D eigenvalue weighted by atomic mass is 9.78. The Labute approximate surface area is 101 Å². The third-order valence-corrected chi connectivity index (χ3v) is 3.19. The van der Waals surface area contributed by atoms with E-state index in [4.69, 9.17) is 5.11 Å². The molecule has 96 valence electrons. The van der Waals surface area contributed by atoms with Crippen molar-refractivity contribution >= 4 is 11.8 Å². The quantitative estimate of drug-likeness (QED) is 0.824. The highest BCUT2D eigenvalue weighted by Gasteiger charge is 2.36. The molecule has 1 aliphatic carbocycles. The average Bonchev–Trinajstić information content (AvgIpc) is 2.21. The molecule has 1 rings (SSSR count). The summed E-state index contributed by atoms with van der Waals surface area (Å²) in [5.74, 6) is -2.54. The Balaban J connectivity index is 2.83. The first-order chi connectivity index (χ1) is 7.82. The highest BCUT2D eigenvalue weighted by Crippen LogP contribution is 2.32. The van der Waals surface area contributed by atoms with Gasteiger partial charge in [-0.1, -0.05) is 20.8 Å². The molecular formula is C13H19FO3. The third-order valence-electron chi connectivity index (χ3n) is 3.19. The van der Waals surface area contributed by atoms with E-state index in [2.05, 4.69) is 0 Å². The molecule has 0 aromatic heterocycles. The fraction of sp³-hybridized carbons (Fsp3) is 0.692. The highest BCUT2D eigenvalue weighted by molar-refractivity contribution is 5.96. The number of halogens is 1. The van der Waals surface area contributed by atoms with Crippen LogP contribution in [0.1, 0.15) is 33.6 Å². The number of carboxylic acid groups (broad SMARTS) is 1. The van der Waals surface area contributed by atoms with Crippen LogP contribution >= 0.6 is 0 Å². The second kappa shape index (κ2) is 5.43. The van der Waals surface area contributed by atoms with Crippen molar-refractivity contribution < 1.29 is 19.1 Å². The van der Waals surface area contributed by atoms with Gasteiger partial charge in [0, 0.05) is 5.92 Å². The molecule has 0 aromatic carbocycles. The molecule has 0 heterocycles. The molecule has 3 nitrogen and oxygen atoms in total. The van der Waals surface area contributed by atoms with E-state index >= 15 is 0 Å². The summed E-state index contributed by atoms with van der Waals surface area (Å²) < 4.78 is 13.8. The first kappa shape index (κ1) is 13.9. The number of carboxylic acids is 1. The maximum absolute atomic E-state index is 13.8. The van der Waals surface area contributed by atoms with Gasteiger partial charge in [-0.2, -0.15) is 0 Å². The predicted octanol–water partition coefficient (Wildman–Crippen LogP) is 2.61. The van der Waals surface area contributed by atoms with Gasteiger partial charge in [0.2, 0.25) is 0 Å². The predicted molar refractivity (Wildman–Crippen MR) is 62.3 cm³/mol. The number of hydrogen-bond acceptors (Lipinski definition) is 2. The number of aliphatic carboxylic acids is 1. The number of carbonyl (C=O) groups excluding carboxylic acids is 1. The molecule has 0 aliphatic heterocycles. The summed E-state index contributed by atoms with van der Waals surface area (Å²) >= 11 is 0. The van der Waals surface area contributed by atoms with Crippen LogP contribution in [0, 0.1) is 17.8 Å². The van der Waals surface area contributed by atoms with Crippen LogP contribution in [-0.2, 0) is 9.59 Å². The molecule has 0 spiro atoms. The second-order valence-corrected chi connectivity index (χ2v) is 5.16. The Morgan fingerprint density at radius 2 is 2.12 bits per heavy atom. The van der Waals surface area contributed by atoms with Crippen molar-refractivity contribution in [1.29, 1.82) is 0 Å². The SMILES string of the molecule is CC(C)CC1=CC(=O)C(C(C)C(=O)O)CC1F. The topological polar surface area (TPSA) is 54.4 Å². The molecule has 3 unspecified atom stereocenters. The van der Waals surface area contributed by atoms with Gasteiger partial charge in [0.1, 0.15) is 6.17 Å². The van der Waals surface area contributed by atoms with Gasteiger partial charge >= 0.3 is 5.97 Å². The van der Waals surface area contributed by atoms with Crippen molar-refractivity contribution in [2.24, 2.45) is 17.8 Å². The standard InChI is InChI=1S/C13H19FO3/c1-7(2)4-9-5-12(15)10(6-11(9)14)8(3)13(16)17/h5,7-8,10-11H,4,6H2,1-3H3,(H,16,17). The highest BCUT2D eigenvalue weighted by atomic mass is 19.1. The summed E-state index contributed by atoms with van der Waals surface area (Å²) in [5, 5.41) is 8.85. The molecular weight excluding hydrogens is 223 g/mol. The van der Waals surface area contributed by atoms with Crippen LogP contribution in [0.2, 0.25) is 0 Å². The first-order valence-corrected chi connectivity index (χ1v) is 5.94. The van der Waals surface area contributed by atoms with E-state index in [1.54, 1.807) is 0 Å². The van der Waals surface area contributed by atoms with Gasteiger partial charge < -0.3 is 5.11 Å². The lowest BCUT2D eigenvalue weighted by Crippen LogP contribution is -2.33. The molecule has 4 heteroatoms. The fourth-order valence-electron chi connectivity index (χ4n) is 2.15. The molecule has 1 aliphatic rings. The van der Waals surface area contributed by atoms with E-state index in [0.29, 0.717) is 17.9 Å². The van der Waals surface area contributed by atoms with Crippen LogP contribution in [0.5, 0.6) is 0 Å². The van der Waals surface area contributed by atoms with E-state index < -0.39 is 24.0 Å². The van der Waals surface area contributed by atoms with Crippen molar-refractivity contribution in [3.63, 3.8) is 0 Å². The van der Waals surface area contributed by atoms with Gasteiger partial charge in [0.25, 0.3) is 0 Å². The molecule has 0 aromatic rings. The molecule has 3 atom stereocenters. The zero-order valence-corrected chi connectivity index (χ0v) is 10.4. The van der Waals surface area contributed by atoms with Gasteiger partial charge in [-0.15, -0.1) is 0 Å². The zero-order valence-electron chi connectivity index (χ0n) is 10.4. The number of carbonyl (C=O) groups is 2. The number of hydrogen-bond donors (Lipinski definition) is 1. The number of alkyl halides is 1. The lowest BCUT2D eigenvalue weighted by molar-refractivity contribution is -0.145. The second-order valence-electron chi connectivity index (χ2n) is 5.16. The van der Waals surface area contributed by atoms with Crippen molar-refractivity contribution in [1.82, 2.24) is 0 Å². The van der Waals surface area contributed by atoms with Crippen LogP contribution in [0.4, 0.5) is 4.39 Å². The summed E-state index contributed by atoms with van der Waals surface area (Å²) in [7, 11) is 0. The monoisotopic (exact) mass is 242 g/mol. The Morgan fingerprint density at radius 3 is 2.59 bits per heavy atom. The van der Waals surface area contributed by atoms with Gasteiger partial charge in [0.15, 0.2) is 5.78 Å². The lowest BCUT2D eigenvalue weighted by Gasteiger charge is -2.27. The van der Waals surface area contributed by atoms with E-state index in [1.165, 1.54) is 13.0 Å². The van der Waals surface area contributed by atoms with Gasteiger partial charge in [-0.25, -0.2) is 4.39 Å². The van der Waals surface area contributed by atoms with Crippen LogP contribution < -0.4 is 0 Å². The Kier molecular flexibility index (Phi) is 4.43. The van der Waals surface area contributed by atoms with Crippen molar-refractivity contribution in [2.45, 2.75) is 39.8 Å². The van der Waals surface area contributed by atoms with E-state index in [-0.39, 0.29) is 12.2 Å². The maximum atomic E-state index is 13.8. The molecule has 0 saturated carbocycles. The van der Waals surface area contributed by atoms with E-state index in [9.17, 15) is 14.0 Å². The first-order valence-electron chi connectivity index (χ1n) is 5.94. The third kappa shape index (κ3) is 3.38. The van der Waals surface area contributed by atoms with E-state index in [1.807, 2.05) is 13.8 Å². The van der Waals surface area contributed by atoms with Crippen LogP contribution in [0.25, 0.3) is 0 Å². The maximum Gasteiger partial charge on any atom is 0.306 e. The van der Waals surface area contributed by atoms with Crippen LogP contribution in [-0.4, -0.2) is 23.0 Å². The molecule has 1 N–H and O–H groups in total. The molecule has 0 amide bonds. The largest absolute Gasteiger partial charge is 0.481 e. The molecule has 0 bridgehead atoms. The molecule has 0 radical (unpaired) electrons. The number of ketones is 1. The molecule has 17 heavy (non-hydrogen) atoms. The summed E-state index contributed by atoms with van der Waals surface area (Å²) in [5.41, 5.74) is 0.513. The summed E-state index contributed by atoms with van der Waals surface area (Å²) in [6, 6.07) is 0. The Morgan fingerprint density at radius 1 is 1.53 bits per heavy atom. The summed E-state index contributed by atoms with van der Waals surface area (Å²) in [6.45, 7) is 5.38. The Hall–Kier alpha value is -1.19. The minimum Gasteiger partial charge on any atom is -0.481 e. The van der Waals surface area contributed by atoms with Gasteiger partial charge in [-0.05, 0) is 30.4 Å². The normalized spacial score (nSPS) is 26.9. The van der Waals surface area contributed by atoms with Crippen LogP contribution in [0.15, 0.2) is 11.6 Å². The zero-order chi connectivity index (χ0) is 13.2. The fourth-order valence-corrected chi connectivity index (χ4v) is 2.15. The number of rotatable bonds is 4. The van der Waals surface area contributed by atoms with Crippen molar-refractivity contribution in [3.8, 4) is 0 Å². The minimum atomic E-state index is -1.18. The van der Waals surface area contributed by atoms with Crippen LogP contribution in [0.3, 0.4) is 0 Å². The van der Waals surface area contributed by atoms with Crippen molar-refractivity contribution in [2.75, 3.05) is 0 Å². The van der Waals surface area contributed by atoms with Gasteiger partial charge in [-0.3, -0.25) is 9.59 Å². The smallest absolute Gasteiger partial charge is 0.306 e. The Bertz CT molecular complexity index is 347. The summed E-state index contributed by atoms with van der Waals surface area (Å²) in [4.78, 5) is 22.6. The molecule has 0 fully saturated rings. The van der Waals surface area contributed by atoms with Gasteiger partial charge in [0.05, 0.1) is 5.92 Å². The minimum absolute atomic E-state index is 0.00481. The molecule has 0 saturated heterocycles. The van der Waals surface area contributed by atoms with E-state index in [0.717, 1.165) is 0 Å². The van der Waals surface area contributed by atoms with Crippen molar-refractivity contribution in [3.05, 3.63) is 11.6 Å². The number of allylic oxidation sites excluding steroid dienone is 2. The average molecular weight is 242 g/mol.